The number of carbonyl (C=O) groups excluding carboxylic acids is 5. The molecule has 65 heavy (non-hydrogen) atoms. The maximum atomic E-state index is 14.7. The summed E-state index contributed by atoms with van der Waals surface area (Å²) in [5.41, 5.74) is 9.78. The third-order valence-corrected chi connectivity index (χ3v) is 13.0. The standard InChI is InChI=1S/C50H63N7O8/c1-9-43(59)55-19-16-33(27-55)47(61)54(7)44(30(3)4)46(60)52-41-22-31-20-34(23-36(58)21-31)32-13-14-42-38(24-32)39(45(56(42)10-2)37-15-17-51-26-35(37)28-64-8)25-50(5,6)29-65-49(63)40-12-11-18-57(53-40)48(41)62/h9,13-15,17,20-21,23-24,26,30,33,40-41,44,53,58H,1,10-12,16,18-19,22,25,27-29H2,2-8H3,(H,52,60)/t33-,40-,41-,44-/m0/s1. The maximum absolute atomic E-state index is 14.7. The summed E-state index contributed by atoms with van der Waals surface area (Å²) in [7, 11) is 3.24. The van der Waals surface area contributed by atoms with Crippen molar-refractivity contribution < 1.29 is 38.6 Å². The van der Waals surface area contributed by atoms with Crippen LogP contribution in [0.5, 0.6) is 5.75 Å². The van der Waals surface area contributed by atoms with Gasteiger partial charge in [-0.3, -0.25) is 34.0 Å². The van der Waals surface area contributed by atoms with Crippen LogP contribution in [0.2, 0.25) is 0 Å². The molecule has 5 heterocycles. The third-order valence-electron chi connectivity index (χ3n) is 13.0. The number of fused-ring (bicyclic) bond motifs is 6. The lowest BCUT2D eigenvalue weighted by Gasteiger charge is -2.37. The molecule has 4 atom stereocenters. The van der Waals surface area contributed by atoms with E-state index in [0.29, 0.717) is 50.9 Å². The van der Waals surface area contributed by atoms with E-state index in [-0.39, 0.29) is 49.6 Å². The molecule has 0 radical (unpaired) electrons. The number of hydrazine groups is 1. The van der Waals surface area contributed by atoms with Gasteiger partial charge in [0.05, 0.1) is 24.8 Å². The van der Waals surface area contributed by atoms with Crippen LogP contribution >= 0.6 is 0 Å². The second-order valence-electron chi connectivity index (χ2n) is 18.8. The van der Waals surface area contributed by atoms with Crippen molar-refractivity contribution in [2.24, 2.45) is 17.3 Å². The highest BCUT2D eigenvalue weighted by atomic mass is 16.5. The van der Waals surface area contributed by atoms with Gasteiger partial charge in [0.2, 0.25) is 17.7 Å². The Kier molecular flexibility index (Phi) is 14.1. The Hall–Kier alpha value is -6.06. The molecule has 346 valence electrons. The molecule has 7 rings (SSSR count). The monoisotopic (exact) mass is 889 g/mol. The number of pyridine rings is 1. The third kappa shape index (κ3) is 9.96. The van der Waals surface area contributed by atoms with E-state index < -0.39 is 47.2 Å². The van der Waals surface area contributed by atoms with Gasteiger partial charge in [0.1, 0.15) is 23.9 Å². The van der Waals surface area contributed by atoms with E-state index in [0.717, 1.165) is 44.4 Å². The maximum Gasteiger partial charge on any atom is 0.324 e. The summed E-state index contributed by atoms with van der Waals surface area (Å²) in [5, 5.41) is 16.7. The van der Waals surface area contributed by atoms with Gasteiger partial charge in [-0.05, 0) is 97.2 Å². The number of ether oxygens (including phenoxy) is 2. The average molecular weight is 890 g/mol. The molecule has 3 aliphatic rings. The van der Waals surface area contributed by atoms with E-state index >= 15 is 0 Å². The fraction of sp³-hybridized carbons (Fsp3) is 0.480. The van der Waals surface area contributed by atoms with Crippen LogP contribution in [0.15, 0.2) is 67.5 Å². The van der Waals surface area contributed by atoms with Crippen LogP contribution < -0.4 is 10.7 Å². The molecule has 4 amide bonds. The molecule has 0 aliphatic carbocycles. The molecule has 2 aromatic carbocycles. The Morgan fingerprint density at radius 2 is 1.89 bits per heavy atom. The quantitative estimate of drug-likeness (QED) is 0.138. The number of amides is 4. The number of likely N-dealkylation sites (tertiary alicyclic amines) is 1. The summed E-state index contributed by atoms with van der Waals surface area (Å²) in [5.74, 6) is -2.85. The number of phenolic OH excluding ortho intramolecular Hbond substituents is 1. The molecule has 3 N–H and O–H groups in total. The normalized spacial score (nSPS) is 20.6. The molecule has 2 fully saturated rings. The number of esters is 1. The number of nitrogens with one attached hydrogen (secondary N) is 2. The summed E-state index contributed by atoms with van der Waals surface area (Å²) >= 11 is 0. The molecule has 3 aliphatic heterocycles. The summed E-state index contributed by atoms with van der Waals surface area (Å²) in [6.45, 7) is 15.6. The van der Waals surface area contributed by atoms with Crippen LogP contribution in [0, 0.1) is 17.3 Å². The Balaban J connectivity index is 1.30. The number of nitrogens with zero attached hydrogens (tertiary/aromatic N) is 5. The number of aromatic hydroxyl groups is 1. The van der Waals surface area contributed by atoms with E-state index in [9.17, 15) is 29.1 Å². The molecule has 0 unspecified atom stereocenters. The molecule has 0 saturated carbocycles. The summed E-state index contributed by atoms with van der Waals surface area (Å²) in [6.07, 6.45) is 6.79. The van der Waals surface area contributed by atoms with Gasteiger partial charge < -0.3 is 34.3 Å². The number of carbonyl (C=O) groups is 5. The fourth-order valence-corrected chi connectivity index (χ4v) is 9.84. The summed E-state index contributed by atoms with van der Waals surface area (Å²) in [6, 6.07) is 10.5. The largest absolute Gasteiger partial charge is 0.508 e. The van der Waals surface area contributed by atoms with Gasteiger partial charge in [-0.25, -0.2) is 5.43 Å². The van der Waals surface area contributed by atoms with Gasteiger partial charge in [0.25, 0.3) is 5.91 Å². The van der Waals surface area contributed by atoms with Gasteiger partial charge in [0.15, 0.2) is 0 Å². The number of cyclic esters (lactones) is 1. The second-order valence-corrected chi connectivity index (χ2v) is 18.8. The van der Waals surface area contributed by atoms with E-state index in [1.165, 1.54) is 16.0 Å². The minimum atomic E-state index is -1.16. The van der Waals surface area contributed by atoms with Crippen molar-refractivity contribution in [1.29, 1.82) is 0 Å². The number of phenols is 1. The zero-order chi connectivity index (χ0) is 46.7. The van der Waals surface area contributed by atoms with E-state index in [1.807, 2.05) is 38.2 Å². The molecule has 15 nitrogen and oxygen atoms in total. The molecule has 6 bridgehead atoms. The Morgan fingerprint density at radius 1 is 1.11 bits per heavy atom. The topological polar surface area (TPSA) is 176 Å². The van der Waals surface area contributed by atoms with Crippen LogP contribution in [-0.4, -0.2) is 118 Å². The minimum Gasteiger partial charge on any atom is -0.508 e. The van der Waals surface area contributed by atoms with E-state index in [1.54, 1.807) is 37.4 Å². The Bertz CT molecular complexity index is 2480. The average Bonchev–Trinajstić information content (AvgIpc) is 3.90. The van der Waals surface area contributed by atoms with Crippen molar-refractivity contribution in [3.8, 4) is 28.1 Å². The predicted molar refractivity (Wildman–Crippen MR) is 247 cm³/mol. The fourth-order valence-electron chi connectivity index (χ4n) is 9.84. The van der Waals surface area contributed by atoms with Crippen molar-refractivity contribution in [2.75, 3.05) is 40.4 Å². The van der Waals surface area contributed by atoms with E-state index in [2.05, 4.69) is 59.8 Å². The van der Waals surface area contributed by atoms with Crippen molar-refractivity contribution in [2.45, 2.75) is 98.0 Å². The number of hydrogen-bond donors (Lipinski definition) is 3. The number of likely N-dealkylation sites (N-methyl/N-ethyl adjacent to an activating group) is 1. The lowest BCUT2D eigenvalue weighted by atomic mass is 9.84. The zero-order valence-corrected chi connectivity index (χ0v) is 38.7. The summed E-state index contributed by atoms with van der Waals surface area (Å²) < 4.78 is 14.0. The number of methoxy groups -OCH3 is 1. The molecular formula is C50H63N7O8. The van der Waals surface area contributed by atoms with Crippen LogP contribution in [0.1, 0.15) is 70.6 Å². The van der Waals surface area contributed by atoms with Gasteiger partial charge >= 0.3 is 5.97 Å². The highest BCUT2D eigenvalue weighted by Crippen LogP contribution is 2.41. The molecule has 4 aromatic rings. The first-order chi connectivity index (χ1) is 31.0. The minimum absolute atomic E-state index is 0.00858. The van der Waals surface area contributed by atoms with Crippen molar-refractivity contribution in [1.82, 2.24) is 35.1 Å². The number of aryl methyl sites for hydroxylation is 1. The SMILES string of the molecule is C=CC(=O)N1CC[C@H](C(=O)N(C)[C@H](C(=O)N[C@H]2Cc3cc(O)cc(c3)-c3ccc4c(c3)c(c(-c3ccncc3COC)n4CC)CC(C)(C)COC(=O)[C@@H]3CCCN(N3)C2=O)C(C)C)C1. The van der Waals surface area contributed by atoms with Crippen LogP contribution in [0.4, 0.5) is 0 Å². The number of aromatic nitrogens is 2. The molecule has 2 aromatic heterocycles. The lowest BCUT2D eigenvalue weighted by Crippen LogP contribution is -2.62. The highest BCUT2D eigenvalue weighted by molar-refractivity contribution is 5.96. The predicted octanol–water partition coefficient (Wildman–Crippen LogP) is 5.41. The van der Waals surface area contributed by atoms with Crippen molar-refractivity contribution in [3.63, 3.8) is 0 Å². The zero-order valence-electron chi connectivity index (χ0n) is 38.7. The second kappa shape index (κ2) is 19.6. The Labute approximate surface area is 381 Å². The van der Waals surface area contributed by atoms with Gasteiger partial charge in [0, 0.05) is 86.6 Å². The molecule has 0 spiro atoms. The van der Waals surface area contributed by atoms with Crippen molar-refractivity contribution in [3.05, 3.63) is 84.2 Å². The number of hydrogen-bond acceptors (Lipinski definition) is 10. The van der Waals surface area contributed by atoms with Gasteiger partial charge in [-0.1, -0.05) is 46.4 Å². The van der Waals surface area contributed by atoms with Gasteiger partial charge in [-0.2, -0.15) is 0 Å². The van der Waals surface area contributed by atoms with Crippen LogP contribution in [0.25, 0.3) is 33.3 Å². The van der Waals surface area contributed by atoms with Crippen LogP contribution in [0.3, 0.4) is 0 Å². The molecule has 2 saturated heterocycles. The summed E-state index contributed by atoms with van der Waals surface area (Å²) in [4.78, 5) is 76.7. The number of benzene rings is 2. The Morgan fingerprint density at radius 3 is 2.62 bits per heavy atom. The molecular weight excluding hydrogens is 827 g/mol. The molecule has 15 heteroatoms. The highest BCUT2D eigenvalue weighted by Gasteiger charge is 2.40. The smallest absolute Gasteiger partial charge is 0.324 e. The number of rotatable bonds is 10. The van der Waals surface area contributed by atoms with E-state index in [4.69, 9.17) is 9.47 Å². The first-order valence-electron chi connectivity index (χ1n) is 22.7. The van der Waals surface area contributed by atoms with Crippen molar-refractivity contribution >= 4 is 40.5 Å². The lowest BCUT2D eigenvalue weighted by molar-refractivity contribution is -0.155. The first kappa shape index (κ1) is 46.9. The van der Waals surface area contributed by atoms with Crippen LogP contribution in [-0.2, 0) is 59.4 Å². The first-order valence-corrected chi connectivity index (χ1v) is 22.7. The van der Waals surface area contributed by atoms with Gasteiger partial charge in [-0.15, -0.1) is 0 Å².